The Kier molecular flexibility index (Phi) is 11.0. The third-order valence-electron chi connectivity index (χ3n) is 6.94. The maximum absolute atomic E-state index is 13.5. The number of nitrogens with zero attached hydrogens (tertiary/aromatic N) is 2. The molecule has 2 amide bonds. The topological polar surface area (TPSA) is 105 Å². The van der Waals surface area contributed by atoms with Crippen molar-refractivity contribution in [3.8, 4) is 11.5 Å². The Hall–Kier alpha value is -3.27. The van der Waals surface area contributed by atoms with Gasteiger partial charge in [-0.05, 0) is 75.1 Å². The Labute approximate surface area is 232 Å². The van der Waals surface area contributed by atoms with Gasteiger partial charge in [0.1, 0.15) is 17.5 Å². The van der Waals surface area contributed by atoms with Crippen molar-refractivity contribution >= 4 is 27.5 Å². The lowest BCUT2D eigenvalue weighted by Crippen LogP contribution is -2.49. The molecule has 0 bridgehead atoms. The Morgan fingerprint density at radius 1 is 1.08 bits per heavy atom. The van der Waals surface area contributed by atoms with Crippen LogP contribution in [0.2, 0.25) is 0 Å². The second-order valence-corrected chi connectivity index (χ2v) is 11.8. The summed E-state index contributed by atoms with van der Waals surface area (Å²) in [6.45, 7) is 4.51. The highest BCUT2D eigenvalue weighted by atomic mass is 32.2. The number of amides is 2. The molecule has 214 valence electrons. The lowest BCUT2D eigenvalue weighted by atomic mass is 10.1. The molecule has 0 radical (unpaired) electrons. The summed E-state index contributed by atoms with van der Waals surface area (Å²) in [6, 6.07) is 13.7. The first-order valence-electron chi connectivity index (χ1n) is 13.6. The monoisotopic (exact) mass is 559 g/mol. The van der Waals surface area contributed by atoms with Gasteiger partial charge < -0.3 is 19.7 Å². The lowest BCUT2D eigenvalue weighted by Gasteiger charge is -2.30. The molecule has 0 heterocycles. The standard InChI is InChI=1S/C29H41N3O6S/c1-5-38-26-17-15-25(16-18-26)32(39(4,35)36)19-9-14-28(33)31(21-23-10-8-13-27(20-23)37-3)22(2)29(34)30-24-11-6-7-12-24/h8,10,13,15-18,20,22,24H,5-7,9,11-12,14,19,21H2,1-4H3,(H,30,34)/t22-/m0/s1. The maximum Gasteiger partial charge on any atom is 0.242 e. The van der Waals surface area contributed by atoms with Crippen LogP contribution < -0.4 is 19.1 Å². The highest BCUT2D eigenvalue weighted by Crippen LogP contribution is 2.23. The largest absolute Gasteiger partial charge is 0.497 e. The molecule has 1 atom stereocenters. The summed E-state index contributed by atoms with van der Waals surface area (Å²) in [4.78, 5) is 28.2. The van der Waals surface area contributed by atoms with E-state index in [2.05, 4.69) is 5.32 Å². The molecule has 1 N–H and O–H groups in total. The number of carbonyl (C=O) groups excluding carboxylic acids is 2. The molecule has 10 heteroatoms. The predicted octanol–water partition coefficient (Wildman–Crippen LogP) is 4.12. The number of hydrogen-bond acceptors (Lipinski definition) is 6. The Morgan fingerprint density at radius 3 is 2.38 bits per heavy atom. The van der Waals surface area contributed by atoms with E-state index < -0.39 is 16.1 Å². The summed E-state index contributed by atoms with van der Waals surface area (Å²) < 4.78 is 37.2. The van der Waals surface area contributed by atoms with Crippen LogP contribution in [0.5, 0.6) is 11.5 Å². The SMILES string of the molecule is CCOc1ccc(N(CCCC(=O)N(Cc2cccc(OC)c2)[C@@H](C)C(=O)NC2CCCC2)S(C)(=O)=O)cc1. The van der Waals surface area contributed by atoms with Gasteiger partial charge in [0.15, 0.2) is 0 Å². The Balaban J connectivity index is 1.72. The number of rotatable bonds is 14. The van der Waals surface area contributed by atoms with Crippen molar-refractivity contribution < 1.29 is 27.5 Å². The van der Waals surface area contributed by atoms with Gasteiger partial charge >= 0.3 is 0 Å². The molecule has 3 rings (SSSR count). The zero-order valence-electron chi connectivity index (χ0n) is 23.4. The molecule has 1 aliphatic rings. The number of nitrogens with one attached hydrogen (secondary N) is 1. The van der Waals surface area contributed by atoms with Crippen molar-refractivity contribution in [2.45, 2.75) is 71.0 Å². The third kappa shape index (κ3) is 8.88. The van der Waals surface area contributed by atoms with E-state index in [4.69, 9.17) is 9.47 Å². The molecular weight excluding hydrogens is 518 g/mol. The third-order valence-corrected chi connectivity index (χ3v) is 8.14. The van der Waals surface area contributed by atoms with Gasteiger partial charge in [0.2, 0.25) is 21.8 Å². The molecule has 0 saturated heterocycles. The molecule has 0 aliphatic heterocycles. The summed E-state index contributed by atoms with van der Waals surface area (Å²) in [6.07, 6.45) is 5.63. The van der Waals surface area contributed by atoms with Crippen LogP contribution in [0.3, 0.4) is 0 Å². The van der Waals surface area contributed by atoms with Crippen molar-refractivity contribution in [1.29, 1.82) is 0 Å². The van der Waals surface area contributed by atoms with E-state index >= 15 is 0 Å². The summed E-state index contributed by atoms with van der Waals surface area (Å²) in [5.41, 5.74) is 1.35. The minimum absolute atomic E-state index is 0.0913. The van der Waals surface area contributed by atoms with Crippen molar-refractivity contribution in [3.63, 3.8) is 0 Å². The fourth-order valence-corrected chi connectivity index (χ4v) is 5.79. The van der Waals surface area contributed by atoms with E-state index in [1.807, 2.05) is 31.2 Å². The van der Waals surface area contributed by atoms with Gasteiger partial charge in [0.05, 0.1) is 25.7 Å². The fraction of sp³-hybridized carbons (Fsp3) is 0.517. The van der Waals surface area contributed by atoms with E-state index in [1.165, 1.54) is 4.31 Å². The van der Waals surface area contributed by atoms with Gasteiger partial charge in [0, 0.05) is 25.6 Å². The van der Waals surface area contributed by atoms with Crippen LogP contribution in [0.1, 0.15) is 57.9 Å². The van der Waals surface area contributed by atoms with E-state index in [9.17, 15) is 18.0 Å². The number of benzene rings is 2. The zero-order valence-corrected chi connectivity index (χ0v) is 24.2. The normalized spacial score (nSPS) is 14.5. The minimum Gasteiger partial charge on any atom is -0.497 e. The molecular formula is C29H41N3O6S. The van der Waals surface area contributed by atoms with Crippen LogP contribution >= 0.6 is 0 Å². The Bertz CT molecular complexity index is 1200. The van der Waals surface area contributed by atoms with Gasteiger partial charge in [-0.1, -0.05) is 25.0 Å². The second kappa shape index (κ2) is 14.2. The number of ether oxygens (including phenoxy) is 2. The zero-order chi connectivity index (χ0) is 28.4. The average molecular weight is 560 g/mol. The molecule has 39 heavy (non-hydrogen) atoms. The van der Waals surface area contributed by atoms with E-state index in [1.54, 1.807) is 43.2 Å². The lowest BCUT2D eigenvalue weighted by molar-refractivity contribution is -0.141. The van der Waals surface area contributed by atoms with Gasteiger partial charge in [-0.2, -0.15) is 0 Å². The van der Waals surface area contributed by atoms with Crippen molar-refractivity contribution in [2.24, 2.45) is 0 Å². The first-order chi connectivity index (χ1) is 18.6. The second-order valence-electron chi connectivity index (χ2n) is 9.90. The van der Waals surface area contributed by atoms with Crippen LogP contribution in [0.4, 0.5) is 5.69 Å². The first-order valence-corrected chi connectivity index (χ1v) is 15.4. The number of anilines is 1. The highest BCUT2D eigenvalue weighted by molar-refractivity contribution is 7.92. The van der Waals surface area contributed by atoms with E-state index in [0.29, 0.717) is 30.2 Å². The van der Waals surface area contributed by atoms with Crippen LogP contribution in [0.25, 0.3) is 0 Å². The van der Waals surface area contributed by atoms with E-state index in [0.717, 1.165) is 37.5 Å². The predicted molar refractivity (Wildman–Crippen MR) is 152 cm³/mol. The molecule has 1 saturated carbocycles. The molecule has 0 spiro atoms. The van der Waals surface area contributed by atoms with Crippen LogP contribution in [-0.4, -0.2) is 63.7 Å². The molecule has 2 aromatic carbocycles. The summed E-state index contributed by atoms with van der Waals surface area (Å²) in [5.74, 6) is 0.933. The number of carbonyl (C=O) groups is 2. The van der Waals surface area contributed by atoms with Crippen molar-refractivity contribution in [1.82, 2.24) is 10.2 Å². The number of methoxy groups -OCH3 is 1. The van der Waals surface area contributed by atoms with Crippen LogP contribution in [0.15, 0.2) is 48.5 Å². The van der Waals surface area contributed by atoms with Gasteiger partial charge in [-0.3, -0.25) is 13.9 Å². The summed E-state index contributed by atoms with van der Waals surface area (Å²) in [7, 11) is -1.99. The van der Waals surface area contributed by atoms with Gasteiger partial charge in [0.25, 0.3) is 0 Å². The molecule has 0 unspecified atom stereocenters. The molecule has 9 nitrogen and oxygen atoms in total. The van der Waals surface area contributed by atoms with E-state index in [-0.39, 0.29) is 37.4 Å². The average Bonchev–Trinajstić information content (AvgIpc) is 3.42. The number of sulfonamides is 1. The van der Waals surface area contributed by atoms with Gasteiger partial charge in [-0.25, -0.2) is 8.42 Å². The molecule has 2 aromatic rings. The van der Waals surface area contributed by atoms with Crippen molar-refractivity contribution in [2.75, 3.05) is 30.8 Å². The first kappa shape index (κ1) is 30.3. The Morgan fingerprint density at radius 2 is 1.77 bits per heavy atom. The minimum atomic E-state index is -3.57. The molecule has 1 fully saturated rings. The number of hydrogen-bond donors (Lipinski definition) is 1. The molecule has 0 aromatic heterocycles. The van der Waals surface area contributed by atoms with Gasteiger partial charge in [-0.15, -0.1) is 0 Å². The fourth-order valence-electron chi connectivity index (χ4n) is 4.82. The van der Waals surface area contributed by atoms with Crippen LogP contribution in [0, 0.1) is 0 Å². The van der Waals surface area contributed by atoms with Crippen molar-refractivity contribution in [3.05, 3.63) is 54.1 Å². The smallest absolute Gasteiger partial charge is 0.242 e. The highest BCUT2D eigenvalue weighted by Gasteiger charge is 2.29. The van der Waals surface area contributed by atoms with Crippen LogP contribution in [-0.2, 0) is 26.2 Å². The quantitative estimate of drug-likeness (QED) is 0.373. The summed E-state index contributed by atoms with van der Waals surface area (Å²) >= 11 is 0. The summed E-state index contributed by atoms with van der Waals surface area (Å²) in [5, 5.41) is 3.10. The maximum atomic E-state index is 13.5. The molecule has 1 aliphatic carbocycles.